The van der Waals surface area contributed by atoms with Gasteiger partial charge in [0.1, 0.15) is 0 Å². The van der Waals surface area contributed by atoms with Crippen LogP contribution in [0, 0.1) is 5.92 Å². The van der Waals surface area contributed by atoms with Crippen molar-refractivity contribution in [3.8, 4) is 0 Å². The maximum atomic E-state index is 3.48. The summed E-state index contributed by atoms with van der Waals surface area (Å²) in [4.78, 5) is 0. The fourth-order valence-corrected chi connectivity index (χ4v) is 3.06. The molecule has 0 spiro atoms. The minimum Gasteiger partial charge on any atom is -0.261 e. The second-order valence-electron chi connectivity index (χ2n) is 3.08. The summed E-state index contributed by atoms with van der Waals surface area (Å²) in [7, 11) is 0. The largest absolute Gasteiger partial charge is 0.261 e. The minimum atomic E-state index is 0.878. The van der Waals surface area contributed by atoms with Crippen LogP contribution in [-0.2, 0) is 0 Å². The van der Waals surface area contributed by atoms with Crippen LogP contribution in [0.2, 0.25) is 0 Å². The maximum absolute atomic E-state index is 3.48. The normalized spacial score (nSPS) is 42.7. The Morgan fingerprint density at radius 3 is 3.00 bits per heavy atom. The highest BCUT2D eigenvalue weighted by atomic mass is 32.2. The Morgan fingerprint density at radius 2 is 2.11 bits per heavy atom. The van der Waals surface area contributed by atoms with Gasteiger partial charge in [0.25, 0.3) is 0 Å². The number of rotatable bonds is 0. The molecule has 0 aromatic heterocycles. The van der Waals surface area contributed by atoms with Crippen LogP contribution in [0.25, 0.3) is 0 Å². The first-order valence-electron chi connectivity index (χ1n) is 3.84. The Labute approximate surface area is 60.7 Å². The molecule has 1 heterocycles. The van der Waals surface area contributed by atoms with Crippen LogP contribution < -0.4 is 4.72 Å². The fraction of sp³-hybridized carbons (Fsp3) is 1.00. The molecular formula is C7H13NS. The van der Waals surface area contributed by atoms with E-state index in [0.29, 0.717) is 0 Å². The molecule has 1 nitrogen and oxygen atoms in total. The summed E-state index contributed by atoms with van der Waals surface area (Å²) in [6.07, 6.45) is 5.83. The number of hydrogen-bond donors (Lipinski definition) is 1. The molecule has 52 valence electrons. The monoisotopic (exact) mass is 143 g/mol. The molecule has 0 aromatic rings. The second-order valence-corrected chi connectivity index (χ2v) is 3.94. The highest BCUT2D eigenvalue weighted by Gasteiger charge is 2.29. The molecule has 9 heavy (non-hydrogen) atoms. The van der Waals surface area contributed by atoms with Crippen molar-refractivity contribution in [3.63, 3.8) is 0 Å². The molecule has 1 saturated carbocycles. The smallest absolute Gasteiger partial charge is 0.0208 e. The van der Waals surface area contributed by atoms with Crippen molar-refractivity contribution in [1.82, 2.24) is 4.72 Å². The summed E-state index contributed by atoms with van der Waals surface area (Å²) in [6, 6.07) is 0.878. The zero-order chi connectivity index (χ0) is 6.10. The third-order valence-electron chi connectivity index (χ3n) is 2.44. The molecular weight excluding hydrogens is 130 g/mol. The molecule has 2 atom stereocenters. The van der Waals surface area contributed by atoms with Gasteiger partial charge in [-0.1, -0.05) is 24.8 Å². The Bertz CT molecular complexity index is 93.1. The van der Waals surface area contributed by atoms with E-state index in [9.17, 15) is 0 Å². The highest BCUT2D eigenvalue weighted by molar-refractivity contribution is 7.97. The van der Waals surface area contributed by atoms with E-state index in [0.717, 1.165) is 12.0 Å². The maximum Gasteiger partial charge on any atom is 0.0208 e. The molecule has 2 aliphatic rings. The van der Waals surface area contributed by atoms with Crippen molar-refractivity contribution in [2.24, 2.45) is 5.92 Å². The molecule has 2 heteroatoms. The third-order valence-corrected chi connectivity index (χ3v) is 3.51. The summed E-state index contributed by atoms with van der Waals surface area (Å²) in [6.45, 7) is 0. The van der Waals surface area contributed by atoms with E-state index >= 15 is 0 Å². The summed E-state index contributed by atoms with van der Waals surface area (Å²) < 4.78 is 3.48. The molecule has 1 aliphatic heterocycles. The Balaban J connectivity index is 1.97. The average molecular weight is 143 g/mol. The predicted octanol–water partition coefficient (Wildman–Crippen LogP) is 1.80. The van der Waals surface area contributed by atoms with Crippen LogP contribution in [-0.4, -0.2) is 11.8 Å². The summed E-state index contributed by atoms with van der Waals surface area (Å²) in [5.41, 5.74) is 0. The Hall–Kier alpha value is 0.310. The van der Waals surface area contributed by atoms with Gasteiger partial charge in [-0.3, -0.25) is 4.72 Å². The van der Waals surface area contributed by atoms with Crippen LogP contribution in [0.4, 0.5) is 0 Å². The van der Waals surface area contributed by atoms with Gasteiger partial charge >= 0.3 is 0 Å². The molecule has 2 fully saturated rings. The van der Waals surface area contributed by atoms with E-state index in [-0.39, 0.29) is 0 Å². The van der Waals surface area contributed by atoms with Crippen LogP contribution >= 0.6 is 11.9 Å². The van der Waals surface area contributed by atoms with Gasteiger partial charge in [0.05, 0.1) is 0 Å². The molecule has 0 aromatic carbocycles. The van der Waals surface area contributed by atoms with E-state index in [1.807, 2.05) is 11.9 Å². The fourth-order valence-electron chi connectivity index (χ4n) is 1.82. The van der Waals surface area contributed by atoms with Gasteiger partial charge in [0, 0.05) is 11.8 Å². The van der Waals surface area contributed by atoms with Crippen molar-refractivity contribution in [2.75, 3.05) is 5.75 Å². The second kappa shape index (κ2) is 2.51. The van der Waals surface area contributed by atoms with Crippen LogP contribution in [0.3, 0.4) is 0 Å². The lowest BCUT2D eigenvalue weighted by Gasteiger charge is -2.23. The van der Waals surface area contributed by atoms with Gasteiger partial charge in [0.2, 0.25) is 0 Å². The lowest BCUT2D eigenvalue weighted by molar-refractivity contribution is 0.337. The van der Waals surface area contributed by atoms with Crippen LogP contribution in [0.5, 0.6) is 0 Å². The third kappa shape index (κ3) is 1.10. The first-order valence-corrected chi connectivity index (χ1v) is 4.83. The SMILES string of the molecule is C1CC[C@@H]2NSC[C@@H]2C1. The number of fused-ring (bicyclic) bond motifs is 1. The van der Waals surface area contributed by atoms with Crippen molar-refractivity contribution in [1.29, 1.82) is 0 Å². The molecule has 0 radical (unpaired) electrons. The highest BCUT2D eigenvalue weighted by Crippen LogP contribution is 2.32. The zero-order valence-corrected chi connectivity index (χ0v) is 6.41. The van der Waals surface area contributed by atoms with Gasteiger partial charge in [0.15, 0.2) is 0 Å². The average Bonchev–Trinajstić information content (AvgIpc) is 2.33. The van der Waals surface area contributed by atoms with E-state index in [2.05, 4.69) is 4.72 Å². The lowest BCUT2D eigenvalue weighted by atomic mass is 9.87. The van der Waals surface area contributed by atoms with Gasteiger partial charge < -0.3 is 0 Å². The molecule has 0 amide bonds. The van der Waals surface area contributed by atoms with Crippen molar-refractivity contribution in [3.05, 3.63) is 0 Å². The van der Waals surface area contributed by atoms with Gasteiger partial charge in [-0.2, -0.15) is 0 Å². The standard InChI is InChI=1S/C7H13NS/c1-2-4-7-6(3-1)5-9-8-7/h6-8H,1-5H2/t6-,7-/m0/s1. The van der Waals surface area contributed by atoms with E-state index < -0.39 is 0 Å². The van der Waals surface area contributed by atoms with E-state index in [1.54, 1.807) is 0 Å². The Kier molecular flexibility index (Phi) is 1.68. The first-order chi connectivity index (χ1) is 4.47. The molecule has 0 unspecified atom stereocenters. The van der Waals surface area contributed by atoms with Crippen molar-refractivity contribution >= 4 is 11.9 Å². The molecule has 1 aliphatic carbocycles. The van der Waals surface area contributed by atoms with E-state index in [1.165, 1.54) is 31.4 Å². The molecule has 2 rings (SSSR count). The lowest BCUT2D eigenvalue weighted by Crippen LogP contribution is -2.28. The van der Waals surface area contributed by atoms with Gasteiger partial charge in [-0.15, -0.1) is 0 Å². The molecule has 0 bridgehead atoms. The van der Waals surface area contributed by atoms with Crippen molar-refractivity contribution < 1.29 is 0 Å². The Morgan fingerprint density at radius 1 is 1.22 bits per heavy atom. The quantitative estimate of drug-likeness (QED) is 0.519. The summed E-state index contributed by atoms with van der Waals surface area (Å²) >= 11 is 1.93. The number of nitrogens with one attached hydrogen (secondary N) is 1. The summed E-state index contributed by atoms with van der Waals surface area (Å²) in [5.74, 6) is 2.38. The zero-order valence-electron chi connectivity index (χ0n) is 5.60. The van der Waals surface area contributed by atoms with Gasteiger partial charge in [-0.25, -0.2) is 0 Å². The molecule has 1 N–H and O–H groups in total. The molecule has 1 saturated heterocycles. The first kappa shape index (κ1) is 6.05. The minimum absolute atomic E-state index is 0.878. The topological polar surface area (TPSA) is 12.0 Å². The summed E-state index contributed by atoms with van der Waals surface area (Å²) in [5, 5.41) is 0. The van der Waals surface area contributed by atoms with Crippen LogP contribution in [0.1, 0.15) is 25.7 Å². The van der Waals surface area contributed by atoms with Crippen molar-refractivity contribution in [2.45, 2.75) is 31.7 Å². The van der Waals surface area contributed by atoms with Crippen LogP contribution in [0.15, 0.2) is 0 Å². The number of hydrogen-bond acceptors (Lipinski definition) is 2. The van der Waals surface area contributed by atoms with Gasteiger partial charge in [-0.05, 0) is 18.8 Å². The predicted molar refractivity (Wildman–Crippen MR) is 41.3 cm³/mol. The van der Waals surface area contributed by atoms with E-state index in [4.69, 9.17) is 0 Å².